The highest BCUT2D eigenvalue weighted by Crippen LogP contribution is 2.22. The minimum absolute atomic E-state index is 0.0525. The first kappa shape index (κ1) is 16.3. The second kappa shape index (κ2) is 7.31. The van der Waals surface area contributed by atoms with Gasteiger partial charge < -0.3 is 9.26 Å². The molecule has 0 saturated carbocycles. The average Bonchev–Trinajstić information content (AvgIpc) is 3.09. The van der Waals surface area contributed by atoms with Gasteiger partial charge in [-0.25, -0.2) is 9.78 Å². The van der Waals surface area contributed by atoms with Crippen LogP contribution in [0.25, 0.3) is 11.3 Å². The van der Waals surface area contributed by atoms with Gasteiger partial charge in [-0.2, -0.15) is 0 Å². The fourth-order valence-corrected chi connectivity index (χ4v) is 2.70. The van der Waals surface area contributed by atoms with Gasteiger partial charge in [-0.05, 0) is 25.3 Å². The van der Waals surface area contributed by atoms with Crippen molar-refractivity contribution in [3.63, 3.8) is 0 Å². The third-order valence-corrected chi connectivity index (χ3v) is 4.14. The van der Waals surface area contributed by atoms with Gasteiger partial charge >= 0.3 is 5.97 Å². The van der Waals surface area contributed by atoms with Crippen molar-refractivity contribution in [1.29, 1.82) is 0 Å². The lowest BCUT2D eigenvalue weighted by molar-refractivity contribution is 0.0459. The number of nitrogens with zero attached hydrogens (tertiary/aromatic N) is 2. The van der Waals surface area contributed by atoms with E-state index in [0.717, 1.165) is 5.56 Å². The number of carbonyl (C=O) groups is 1. The zero-order valence-corrected chi connectivity index (χ0v) is 14.2. The van der Waals surface area contributed by atoms with Gasteiger partial charge in [-0.15, -0.1) is 11.8 Å². The number of thioether (sulfide) groups is 1. The first-order valence-corrected chi connectivity index (χ1v) is 8.58. The van der Waals surface area contributed by atoms with Crippen LogP contribution in [0.2, 0.25) is 0 Å². The summed E-state index contributed by atoms with van der Waals surface area (Å²) in [5.74, 6) is 0.222. The molecule has 3 rings (SSSR count). The smallest absolute Gasteiger partial charge is 0.341 e. The molecule has 0 saturated heterocycles. The second-order valence-electron chi connectivity index (χ2n) is 5.18. The number of aryl methyl sites for hydroxylation is 1. The molecule has 0 aliphatic carbocycles. The number of aromatic nitrogens is 2. The number of ether oxygens (including phenoxy) is 1. The lowest BCUT2D eigenvalue weighted by atomic mass is 10.1. The van der Waals surface area contributed by atoms with Crippen molar-refractivity contribution < 1.29 is 14.1 Å². The lowest BCUT2D eigenvalue weighted by Gasteiger charge is -2.05. The summed E-state index contributed by atoms with van der Waals surface area (Å²) in [4.78, 5) is 16.3. The summed E-state index contributed by atoms with van der Waals surface area (Å²) in [7, 11) is 0. The maximum Gasteiger partial charge on any atom is 0.341 e. The first-order valence-electron chi connectivity index (χ1n) is 7.36. The van der Waals surface area contributed by atoms with Gasteiger partial charge in [0.25, 0.3) is 0 Å². The monoisotopic (exact) mass is 340 g/mol. The van der Waals surface area contributed by atoms with E-state index in [4.69, 9.17) is 9.26 Å². The van der Waals surface area contributed by atoms with Crippen molar-refractivity contribution in [2.24, 2.45) is 0 Å². The van der Waals surface area contributed by atoms with E-state index < -0.39 is 5.97 Å². The summed E-state index contributed by atoms with van der Waals surface area (Å²) in [6, 6.07) is 13.1. The molecule has 1 aromatic carbocycles. The van der Waals surface area contributed by atoms with Crippen LogP contribution in [0.1, 0.15) is 21.6 Å². The van der Waals surface area contributed by atoms with Crippen LogP contribution < -0.4 is 0 Å². The van der Waals surface area contributed by atoms with E-state index >= 15 is 0 Å². The standard InChI is InChI=1S/C18H16N2O3S/c1-12-5-7-13(8-6-12)16-10-14(20-23-16)11-22-18(21)15-4-3-9-19-17(15)24-2/h3-10H,11H2,1-2H3. The predicted octanol–water partition coefficient (Wildman–Crippen LogP) is 4.12. The van der Waals surface area contributed by atoms with Crippen LogP contribution in [0, 0.1) is 6.92 Å². The van der Waals surface area contributed by atoms with E-state index in [-0.39, 0.29) is 6.61 Å². The molecule has 0 radical (unpaired) electrons. The summed E-state index contributed by atoms with van der Waals surface area (Å²) >= 11 is 1.40. The van der Waals surface area contributed by atoms with Gasteiger partial charge in [0, 0.05) is 17.8 Å². The molecule has 2 aromatic heterocycles. The highest BCUT2D eigenvalue weighted by molar-refractivity contribution is 7.98. The molecule has 122 valence electrons. The summed E-state index contributed by atoms with van der Waals surface area (Å²) in [5.41, 5.74) is 3.12. The lowest BCUT2D eigenvalue weighted by Crippen LogP contribution is -2.07. The van der Waals surface area contributed by atoms with Crippen molar-refractivity contribution in [1.82, 2.24) is 10.1 Å². The van der Waals surface area contributed by atoms with Crippen molar-refractivity contribution in [3.8, 4) is 11.3 Å². The molecule has 0 aliphatic rings. The maximum atomic E-state index is 12.2. The Kier molecular flexibility index (Phi) is 4.96. The van der Waals surface area contributed by atoms with E-state index in [1.165, 1.54) is 17.3 Å². The average molecular weight is 340 g/mol. The molecule has 0 N–H and O–H groups in total. The molecule has 3 aromatic rings. The summed E-state index contributed by atoms with van der Waals surface area (Å²) in [6.07, 6.45) is 3.51. The number of rotatable bonds is 5. The van der Waals surface area contributed by atoms with Crippen LogP contribution >= 0.6 is 11.8 Å². The normalized spacial score (nSPS) is 10.6. The molecule has 5 nitrogen and oxygen atoms in total. The SMILES string of the molecule is CSc1ncccc1C(=O)OCc1cc(-c2ccc(C)cc2)on1. The number of esters is 1. The fourth-order valence-electron chi connectivity index (χ4n) is 2.16. The molecular formula is C18H16N2O3S. The van der Waals surface area contributed by atoms with Gasteiger partial charge in [0.2, 0.25) is 0 Å². The molecule has 0 fully saturated rings. The van der Waals surface area contributed by atoms with E-state index in [0.29, 0.717) is 22.0 Å². The molecule has 2 heterocycles. The molecule has 0 amide bonds. The van der Waals surface area contributed by atoms with Crippen LogP contribution in [-0.4, -0.2) is 22.4 Å². The summed E-state index contributed by atoms with van der Waals surface area (Å²) in [6.45, 7) is 2.08. The minimum Gasteiger partial charge on any atom is -0.455 e. The molecule has 6 heteroatoms. The highest BCUT2D eigenvalue weighted by Gasteiger charge is 2.14. The zero-order valence-electron chi connectivity index (χ0n) is 13.4. The fraction of sp³-hybridized carbons (Fsp3) is 0.167. The van der Waals surface area contributed by atoms with Crippen LogP contribution in [0.4, 0.5) is 0 Å². The van der Waals surface area contributed by atoms with E-state index in [9.17, 15) is 4.79 Å². The van der Waals surface area contributed by atoms with Crippen LogP contribution in [0.15, 0.2) is 58.2 Å². The Morgan fingerprint density at radius 1 is 1.25 bits per heavy atom. The van der Waals surface area contributed by atoms with E-state index in [1.54, 1.807) is 24.4 Å². The molecule has 0 atom stereocenters. The van der Waals surface area contributed by atoms with Gasteiger partial charge in [-0.1, -0.05) is 35.0 Å². The zero-order chi connectivity index (χ0) is 16.9. The van der Waals surface area contributed by atoms with Crippen molar-refractivity contribution in [2.45, 2.75) is 18.6 Å². The van der Waals surface area contributed by atoms with Gasteiger partial charge in [0.15, 0.2) is 5.76 Å². The number of pyridine rings is 1. The Hall–Kier alpha value is -2.60. The third kappa shape index (κ3) is 3.65. The number of carbonyl (C=O) groups excluding carboxylic acids is 1. The van der Waals surface area contributed by atoms with Crippen LogP contribution in [0.5, 0.6) is 0 Å². The van der Waals surface area contributed by atoms with Crippen molar-refractivity contribution >= 4 is 17.7 Å². The molecule has 0 bridgehead atoms. The highest BCUT2D eigenvalue weighted by atomic mass is 32.2. The Bertz CT molecular complexity index is 843. The third-order valence-electron chi connectivity index (χ3n) is 3.43. The molecule has 0 unspecified atom stereocenters. The van der Waals surface area contributed by atoms with Crippen molar-refractivity contribution in [2.75, 3.05) is 6.26 Å². The van der Waals surface area contributed by atoms with Crippen molar-refractivity contribution in [3.05, 3.63) is 65.5 Å². The van der Waals surface area contributed by atoms with E-state index in [2.05, 4.69) is 10.1 Å². The van der Waals surface area contributed by atoms with Gasteiger partial charge in [-0.3, -0.25) is 0 Å². The summed E-state index contributed by atoms with van der Waals surface area (Å²) in [5, 5.41) is 4.59. The van der Waals surface area contributed by atoms with Crippen LogP contribution in [-0.2, 0) is 11.3 Å². The van der Waals surface area contributed by atoms with Gasteiger partial charge in [0.05, 0.1) is 5.56 Å². The van der Waals surface area contributed by atoms with Crippen LogP contribution in [0.3, 0.4) is 0 Å². The van der Waals surface area contributed by atoms with Gasteiger partial charge in [0.1, 0.15) is 17.3 Å². The first-order chi connectivity index (χ1) is 11.7. The second-order valence-corrected chi connectivity index (χ2v) is 5.98. The topological polar surface area (TPSA) is 65.2 Å². The Morgan fingerprint density at radius 3 is 2.79 bits per heavy atom. The Balaban J connectivity index is 1.67. The molecule has 24 heavy (non-hydrogen) atoms. The Labute approximate surface area is 144 Å². The quantitative estimate of drug-likeness (QED) is 0.514. The maximum absolute atomic E-state index is 12.2. The molecule has 0 aliphatic heterocycles. The Morgan fingerprint density at radius 2 is 2.04 bits per heavy atom. The number of benzene rings is 1. The molecule has 0 spiro atoms. The number of hydrogen-bond donors (Lipinski definition) is 0. The van der Waals surface area contributed by atoms with E-state index in [1.807, 2.05) is 37.4 Å². The summed E-state index contributed by atoms with van der Waals surface area (Å²) < 4.78 is 10.6. The molecular weight excluding hydrogens is 324 g/mol. The predicted molar refractivity (Wildman–Crippen MR) is 91.8 cm³/mol. The number of hydrogen-bond acceptors (Lipinski definition) is 6. The largest absolute Gasteiger partial charge is 0.455 e. The minimum atomic E-state index is -0.424.